The third kappa shape index (κ3) is 2.47. The lowest BCUT2D eigenvalue weighted by Crippen LogP contribution is -2.15. The highest BCUT2D eigenvalue weighted by atomic mass is 16.5. The summed E-state index contributed by atoms with van der Waals surface area (Å²) >= 11 is 0. The average molecular weight is 336 g/mol. The van der Waals surface area contributed by atoms with Crippen molar-refractivity contribution < 1.29 is 9.53 Å². The van der Waals surface area contributed by atoms with Gasteiger partial charge in [0.25, 0.3) is 11.7 Å². The Balaban J connectivity index is 1.70. The summed E-state index contributed by atoms with van der Waals surface area (Å²) in [5.74, 6) is 1.21. The second-order valence-corrected chi connectivity index (χ2v) is 5.75. The highest BCUT2D eigenvalue weighted by Gasteiger charge is 2.18. The Morgan fingerprint density at radius 2 is 2.08 bits per heavy atom. The summed E-state index contributed by atoms with van der Waals surface area (Å²) in [6.07, 6.45) is 1.77. The number of ether oxygens (including phenoxy) is 1. The molecule has 0 radical (unpaired) electrons. The van der Waals surface area contributed by atoms with Crippen molar-refractivity contribution in [3.8, 4) is 5.75 Å². The third-order valence-corrected chi connectivity index (χ3v) is 4.14. The molecular formula is C17H16N6O2. The fraction of sp³-hybridized carbons (Fsp3) is 0.176. The smallest absolute Gasteiger partial charge is 0.274 e. The molecule has 1 aromatic carbocycles. The molecule has 0 saturated heterocycles. The van der Waals surface area contributed by atoms with E-state index in [1.807, 2.05) is 38.1 Å². The first-order chi connectivity index (χ1) is 12.1. The lowest BCUT2D eigenvalue weighted by Gasteiger charge is -2.03. The molecule has 25 heavy (non-hydrogen) atoms. The number of amides is 1. The predicted octanol–water partition coefficient (Wildman–Crippen LogP) is 2.48. The Bertz CT molecular complexity index is 1110. The summed E-state index contributed by atoms with van der Waals surface area (Å²) in [6, 6.07) is 7.46. The lowest BCUT2D eigenvalue weighted by molar-refractivity contribution is 0.102. The number of rotatable bonds is 3. The van der Waals surface area contributed by atoms with Crippen LogP contribution >= 0.6 is 0 Å². The van der Waals surface area contributed by atoms with E-state index in [0.717, 1.165) is 27.9 Å². The van der Waals surface area contributed by atoms with Crippen molar-refractivity contribution in [3.05, 3.63) is 47.4 Å². The first-order valence-electron chi connectivity index (χ1n) is 7.73. The molecule has 3 heterocycles. The van der Waals surface area contributed by atoms with Gasteiger partial charge in [0, 0.05) is 22.8 Å². The number of H-pyrrole nitrogens is 1. The van der Waals surface area contributed by atoms with Gasteiger partial charge in [-0.2, -0.15) is 0 Å². The van der Waals surface area contributed by atoms with Crippen molar-refractivity contribution in [2.24, 2.45) is 0 Å². The summed E-state index contributed by atoms with van der Waals surface area (Å²) in [5.41, 5.74) is 3.01. The molecule has 0 aliphatic rings. The van der Waals surface area contributed by atoms with Crippen LogP contribution in [0.4, 0.5) is 5.95 Å². The Labute approximate surface area is 142 Å². The van der Waals surface area contributed by atoms with Crippen LogP contribution in [0.1, 0.15) is 21.7 Å². The van der Waals surface area contributed by atoms with Crippen molar-refractivity contribution in [2.75, 3.05) is 12.4 Å². The van der Waals surface area contributed by atoms with E-state index in [9.17, 15) is 4.79 Å². The summed E-state index contributed by atoms with van der Waals surface area (Å²) in [4.78, 5) is 20.1. The molecule has 0 aliphatic carbocycles. The van der Waals surface area contributed by atoms with E-state index in [4.69, 9.17) is 4.74 Å². The molecule has 2 N–H and O–H groups in total. The zero-order valence-electron chi connectivity index (χ0n) is 14.0. The maximum atomic E-state index is 12.7. The van der Waals surface area contributed by atoms with Crippen molar-refractivity contribution >= 4 is 28.5 Å². The Morgan fingerprint density at radius 3 is 2.88 bits per heavy atom. The zero-order valence-corrected chi connectivity index (χ0v) is 14.0. The van der Waals surface area contributed by atoms with Gasteiger partial charge < -0.3 is 9.72 Å². The monoisotopic (exact) mass is 336 g/mol. The second-order valence-electron chi connectivity index (χ2n) is 5.75. The average Bonchev–Trinajstić information content (AvgIpc) is 3.15. The lowest BCUT2D eigenvalue weighted by atomic mass is 10.1. The Kier molecular flexibility index (Phi) is 3.38. The maximum Gasteiger partial charge on any atom is 0.274 e. The van der Waals surface area contributed by atoms with Gasteiger partial charge in [-0.15, -0.1) is 10.2 Å². The van der Waals surface area contributed by atoms with Crippen molar-refractivity contribution in [1.82, 2.24) is 24.6 Å². The number of hydrogen-bond acceptors (Lipinski definition) is 5. The number of nitrogens with one attached hydrogen (secondary N) is 2. The van der Waals surface area contributed by atoms with Crippen LogP contribution in [0.5, 0.6) is 5.75 Å². The molecule has 4 rings (SSSR count). The van der Waals surface area contributed by atoms with Crippen LogP contribution in [-0.2, 0) is 0 Å². The minimum Gasteiger partial charge on any atom is -0.497 e. The van der Waals surface area contributed by atoms with Crippen LogP contribution in [0, 0.1) is 13.8 Å². The molecule has 126 valence electrons. The molecule has 0 saturated carbocycles. The number of aryl methyl sites for hydroxylation is 2. The van der Waals surface area contributed by atoms with Crippen LogP contribution in [0.15, 0.2) is 30.5 Å². The number of carbonyl (C=O) groups excluding carboxylic acids is 1. The first-order valence-corrected chi connectivity index (χ1v) is 7.73. The van der Waals surface area contributed by atoms with Gasteiger partial charge in [-0.25, -0.2) is 4.98 Å². The number of aromatic nitrogens is 5. The number of hydrogen-bond donors (Lipinski definition) is 2. The molecule has 0 aliphatic heterocycles. The molecule has 8 nitrogen and oxygen atoms in total. The summed E-state index contributed by atoms with van der Waals surface area (Å²) < 4.78 is 6.88. The highest BCUT2D eigenvalue weighted by molar-refractivity contribution is 6.07. The number of benzene rings is 1. The van der Waals surface area contributed by atoms with E-state index in [0.29, 0.717) is 17.4 Å². The van der Waals surface area contributed by atoms with Crippen LogP contribution in [0.25, 0.3) is 16.7 Å². The van der Waals surface area contributed by atoms with E-state index in [2.05, 4.69) is 25.5 Å². The first kappa shape index (κ1) is 15.1. The highest BCUT2D eigenvalue weighted by Crippen LogP contribution is 2.26. The number of carbonyl (C=O) groups is 1. The van der Waals surface area contributed by atoms with Gasteiger partial charge in [0.05, 0.1) is 7.11 Å². The maximum absolute atomic E-state index is 12.7. The fourth-order valence-corrected chi connectivity index (χ4v) is 2.78. The largest absolute Gasteiger partial charge is 0.497 e. The molecule has 8 heteroatoms. The predicted molar refractivity (Wildman–Crippen MR) is 93.1 cm³/mol. The van der Waals surface area contributed by atoms with Crippen LogP contribution in [-0.4, -0.2) is 37.6 Å². The van der Waals surface area contributed by atoms with Crippen molar-refractivity contribution in [1.29, 1.82) is 0 Å². The van der Waals surface area contributed by atoms with E-state index in [-0.39, 0.29) is 5.91 Å². The Morgan fingerprint density at radius 1 is 1.24 bits per heavy atom. The van der Waals surface area contributed by atoms with E-state index >= 15 is 0 Å². The quantitative estimate of drug-likeness (QED) is 0.599. The minimum absolute atomic E-state index is 0.289. The third-order valence-electron chi connectivity index (χ3n) is 4.14. The number of aromatic amines is 1. The minimum atomic E-state index is -0.289. The molecule has 0 atom stereocenters. The van der Waals surface area contributed by atoms with Gasteiger partial charge in [-0.05, 0) is 43.7 Å². The van der Waals surface area contributed by atoms with Gasteiger partial charge >= 0.3 is 0 Å². The summed E-state index contributed by atoms with van der Waals surface area (Å²) in [6.45, 7) is 3.76. The molecule has 0 bridgehead atoms. The fourth-order valence-electron chi connectivity index (χ4n) is 2.78. The summed E-state index contributed by atoms with van der Waals surface area (Å²) in [7, 11) is 1.61. The normalized spacial score (nSPS) is 11.2. The van der Waals surface area contributed by atoms with Gasteiger partial charge in [0.1, 0.15) is 11.4 Å². The molecule has 0 spiro atoms. The molecular weight excluding hydrogens is 320 g/mol. The van der Waals surface area contributed by atoms with Crippen molar-refractivity contribution in [3.63, 3.8) is 0 Å². The van der Waals surface area contributed by atoms with Gasteiger partial charge in [0.15, 0.2) is 0 Å². The topological polar surface area (TPSA) is 97.2 Å². The number of nitrogens with zero attached hydrogens (tertiary/aromatic N) is 4. The molecule has 0 unspecified atom stereocenters. The number of fused-ring (bicyclic) bond motifs is 2. The van der Waals surface area contributed by atoms with Gasteiger partial charge in [-0.3, -0.25) is 14.5 Å². The molecule has 0 fully saturated rings. The summed E-state index contributed by atoms with van der Waals surface area (Å²) in [5, 5.41) is 11.7. The van der Waals surface area contributed by atoms with Gasteiger partial charge in [-0.1, -0.05) is 0 Å². The number of anilines is 1. The molecule has 4 aromatic rings. The van der Waals surface area contributed by atoms with E-state index in [1.54, 1.807) is 17.7 Å². The standard InChI is InChI=1S/C17H16N6O2/c1-9-6-7-23-16(18-9)21-22-17(23)20-15(24)14-10(2)12-8-11(25-3)4-5-13(12)19-14/h4-8,19H,1-3H3,(H,20,22,24). The van der Waals surface area contributed by atoms with Crippen LogP contribution in [0.3, 0.4) is 0 Å². The zero-order chi connectivity index (χ0) is 17.6. The number of methoxy groups -OCH3 is 1. The second kappa shape index (κ2) is 5.59. The molecule has 3 aromatic heterocycles. The van der Waals surface area contributed by atoms with Crippen LogP contribution < -0.4 is 10.1 Å². The molecule has 1 amide bonds. The van der Waals surface area contributed by atoms with E-state index < -0.39 is 0 Å². The van der Waals surface area contributed by atoms with Crippen molar-refractivity contribution in [2.45, 2.75) is 13.8 Å². The van der Waals surface area contributed by atoms with E-state index in [1.165, 1.54) is 0 Å². The SMILES string of the molecule is COc1ccc2[nH]c(C(=O)Nc3nnc4nc(C)ccn34)c(C)c2c1. The van der Waals surface area contributed by atoms with Gasteiger partial charge in [0.2, 0.25) is 5.95 Å². The van der Waals surface area contributed by atoms with Crippen LogP contribution in [0.2, 0.25) is 0 Å². The Hall–Kier alpha value is -3.42.